The van der Waals surface area contributed by atoms with Crippen molar-refractivity contribution in [3.63, 3.8) is 0 Å². The minimum atomic E-state index is -0.758. The molecule has 1 saturated carbocycles. The van der Waals surface area contributed by atoms with Crippen LogP contribution in [0.5, 0.6) is 0 Å². The molecule has 0 aromatic rings. The first-order valence-corrected chi connectivity index (χ1v) is 6.19. The molecule has 1 aliphatic carbocycles. The molecule has 4 nitrogen and oxygen atoms in total. The molecule has 0 saturated heterocycles. The summed E-state index contributed by atoms with van der Waals surface area (Å²) >= 11 is 0. The van der Waals surface area contributed by atoms with Crippen LogP contribution >= 0.6 is 0 Å². The molecule has 0 radical (unpaired) electrons. The lowest BCUT2D eigenvalue weighted by Crippen LogP contribution is -2.49. The van der Waals surface area contributed by atoms with Gasteiger partial charge in [-0.1, -0.05) is 6.92 Å². The van der Waals surface area contributed by atoms with E-state index in [1.54, 1.807) is 11.9 Å². The maximum atomic E-state index is 12.1. The molecule has 96 valence electrons. The lowest BCUT2D eigenvalue weighted by molar-refractivity contribution is -0.144. The number of hydrogen-bond donors (Lipinski definition) is 0. The summed E-state index contributed by atoms with van der Waals surface area (Å²) in [5, 5.41) is 9.16. The number of hydrogen-bond acceptors (Lipinski definition) is 3. The van der Waals surface area contributed by atoms with Crippen LogP contribution in [0.1, 0.15) is 33.6 Å². The Bertz CT molecular complexity index is 314. The average Bonchev–Trinajstić information content (AvgIpc) is 2.22. The van der Waals surface area contributed by atoms with Gasteiger partial charge in [-0.3, -0.25) is 4.79 Å². The summed E-state index contributed by atoms with van der Waals surface area (Å²) in [5.41, 5.74) is -0.758. The highest BCUT2D eigenvalue weighted by molar-refractivity contribution is 5.86. The molecule has 1 amide bonds. The smallest absolute Gasteiger partial charge is 0.242 e. The number of carbonyl (C=O) groups is 1. The lowest BCUT2D eigenvalue weighted by atomic mass is 9.63. The van der Waals surface area contributed by atoms with Gasteiger partial charge in [0, 0.05) is 13.6 Å². The van der Waals surface area contributed by atoms with Crippen LogP contribution in [0.2, 0.25) is 0 Å². The molecule has 0 spiro atoms. The van der Waals surface area contributed by atoms with Gasteiger partial charge in [-0.25, -0.2) is 0 Å². The number of likely N-dealkylation sites (N-methyl/N-ethyl adjacent to an activating group) is 1. The molecule has 1 aliphatic rings. The Balaban J connectivity index is 2.44. The summed E-state index contributed by atoms with van der Waals surface area (Å²) in [6, 6.07) is 2.19. The maximum absolute atomic E-state index is 12.1. The third kappa shape index (κ3) is 3.19. The van der Waals surface area contributed by atoms with E-state index in [2.05, 4.69) is 13.0 Å². The van der Waals surface area contributed by atoms with Gasteiger partial charge in [-0.15, -0.1) is 0 Å². The molecule has 0 unspecified atom stereocenters. The molecule has 0 aromatic heterocycles. The third-order valence-corrected chi connectivity index (χ3v) is 3.24. The average molecular weight is 238 g/mol. The van der Waals surface area contributed by atoms with Crippen molar-refractivity contribution in [3.8, 4) is 6.07 Å². The molecule has 0 bridgehead atoms. The molecule has 0 N–H and O–H groups in total. The van der Waals surface area contributed by atoms with E-state index < -0.39 is 5.41 Å². The molecular formula is C13H22N2O2. The predicted molar refractivity (Wildman–Crippen MR) is 65.2 cm³/mol. The van der Waals surface area contributed by atoms with Crippen LogP contribution in [0.15, 0.2) is 0 Å². The highest BCUT2D eigenvalue weighted by Crippen LogP contribution is 2.46. The van der Waals surface area contributed by atoms with Crippen molar-refractivity contribution >= 4 is 5.91 Å². The summed E-state index contributed by atoms with van der Waals surface area (Å²) in [4.78, 5) is 13.8. The van der Waals surface area contributed by atoms with Crippen LogP contribution in [-0.2, 0) is 9.53 Å². The van der Waals surface area contributed by atoms with Gasteiger partial charge in [-0.05, 0) is 32.6 Å². The molecule has 0 atom stereocenters. The van der Waals surface area contributed by atoms with Gasteiger partial charge in [0.1, 0.15) is 5.41 Å². The largest absolute Gasteiger partial charge is 0.377 e. The second-order valence-corrected chi connectivity index (χ2v) is 5.35. The zero-order valence-corrected chi connectivity index (χ0v) is 11.2. The van der Waals surface area contributed by atoms with Crippen molar-refractivity contribution in [1.29, 1.82) is 5.26 Å². The van der Waals surface area contributed by atoms with Crippen LogP contribution in [0.3, 0.4) is 0 Å². The van der Waals surface area contributed by atoms with Gasteiger partial charge in [-0.2, -0.15) is 5.26 Å². The lowest BCUT2D eigenvalue weighted by Gasteiger charge is -2.41. The van der Waals surface area contributed by atoms with Gasteiger partial charge in [0.15, 0.2) is 0 Å². The fourth-order valence-electron chi connectivity index (χ4n) is 2.34. The first-order chi connectivity index (χ1) is 7.91. The van der Waals surface area contributed by atoms with E-state index in [-0.39, 0.29) is 12.0 Å². The van der Waals surface area contributed by atoms with Crippen LogP contribution in [0.4, 0.5) is 0 Å². The summed E-state index contributed by atoms with van der Waals surface area (Å²) in [5.74, 6) is 0.435. The Morgan fingerprint density at radius 2 is 2.18 bits per heavy atom. The van der Waals surface area contributed by atoms with E-state index in [1.165, 1.54) is 0 Å². The summed E-state index contributed by atoms with van der Waals surface area (Å²) in [6.45, 7) is 7.08. The molecular weight excluding hydrogens is 216 g/mol. The molecule has 0 aromatic carbocycles. The summed E-state index contributed by atoms with van der Waals surface area (Å²) in [7, 11) is 1.74. The third-order valence-electron chi connectivity index (χ3n) is 3.24. The van der Waals surface area contributed by atoms with Crippen LogP contribution in [0.25, 0.3) is 0 Å². The minimum Gasteiger partial charge on any atom is -0.377 e. The van der Waals surface area contributed by atoms with Crippen molar-refractivity contribution in [3.05, 3.63) is 0 Å². The van der Waals surface area contributed by atoms with Crippen LogP contribution < -0.4 is 0 Å². The fourth-order valence-corrected chi connectivity index (χ4v) is 2.34. The van der Waals surface area contributed by atoms with E-state index in [9.17, 15) is 4.79 Å². The predicted octanol–water partition coefficient (Wildman–Crippen LogP) is 1.81. The SMILES string of the molecule is CC1CC(C#N)(C(=O)N(C)CCOC(C)C)C1. The van der Waals surface area contributed by atoms with E-state index in [0.717, 1.165) is 0 Å². The topological polar surface area (TPSA) is 53.3 Å². The molecule has 17 heavy (non-hydrogen) atoms. The highest BCUT2D eigenvalue weighted by Gasteiger charge is 2.50. The van der Waals surface area contributed by atoms with E-state index in [4.69, 9.17) is 10.00 Å². The van der Waals surface area contributed by atoms with Crippen LogP contribution in [-0.4, -0.2) is 37.1 Å². The molecule has 1 fully saturated rings. The Hall–Kier alpha value is -1.08. The van der Waals surface area contributed by atoms with Gasteiger partial charge in [0.25, 0.3) is 0 Å². The van der Waals surface area contributed by atoms with Crippen molar-refractivity contribution in [2.24, 2.45) is 11.3 Å². The van der Waals surface area contributed by atoms with E-state index in [1.807, 2.05) is 13.8 Å². The quantitative estimate of drug-likeness (QED) is 0.734. The number of nitriles is 1. The van der Waals surface area contributed by atoms with Crippen molar-refractivity contribution in [2.45, 2.75) is 39.7 Å². The first-order valence-electron chi connectivity index (χ1n) is 6.19. The van der Waals surface area contributed by atoms with Gasteiger partial charge in [0.2, 0.25) is 5.91 Å². The minimum absolute atomic E-state index is 0.0505. The summed E-state index contributed by atoms with van der Waals surface area (Å²) < 4.78 is 5.40. The maximum Gasteiger partial charge on any atom is 0.242 e. The zero-order valence-electron chi connectivity index (χ0n) is 11.2. The zero-order chi connectivity index (χ0) is 13.1. The molecule has 1 rings (SSSR count). The Kier molecular flexibility index (Phi) is 4.53. The Labute approximate surface area is 104 Å². The number of rotatable bonds is 5. The van der Waals surface area contributed by atoms with Crippen LogP contribution in [0, 0.1) is 22.7 Å². The number of carbonyl (C=O) groups excluding carboxylic acids is 1. The molecule has 4 heteroatoms. The van der Waals surface area contributed by atoms with Crippen molar-refractivity contribution in [1.82, 2.24) is 4.90 Å². The first kappa shape index (κ1) is 14.0. The second kappa shape index (κ2) is 5.50. The number of amides is 1. The van der Waals surface area contributed by atoms with Gasteiger partial charge >= 0.3 is 0 Å². The standard InChI is InChI=1S/C13H22N2O2/c1-10(2)17-6-5-15(4)12(16)13(9-14)7-11(3)8-13/h10-11H,5-8H2,1-4H3. The highest BCUT2D eigenvalue weighted by atomic mass is 16.5. The normalized spacial score (nSPS) is 27.4. The monoisotopic (exact) mass is 238 g/mol. The number of ether oxygens (including phenoxy) is 1. The Morgan fingerprint density at radius 3 is 2.59 bits per heavy atom. The fraction of sp³-hybridized carbons (Fsp3) is 0.846. The van der Waals surface area contributed by atoms with Gasteiger partial charge in [0.05, 0.1) is 18.8 Å². The van der Waals surface area contributed by atoms with E-state index in [0.29, 0.717) is 31.9 Å². The molecule has 0 aliphatic heterocycles. The summed E-state index contributed by atoms with van der Waals surface area (Å²) in [6.07, 6.45) is 1.56. The molecule has 0 heterocycles. The van der Waals surface area contributed by atoms with Crippen molar-refractivity contribution < 1.29 is 9.53 Å². The van der Waals surface area contributed by atoms with Crippen molar-refractivity contribution in [2.75, 3.05) is 20.2 Å². The Morgan fingerprint density at radius 1 is 1.59 bits per heavy atom. The number of nitrogens with zero attached hydrogens (tertiary/aromatic N) is 2. The van der Waals surface area contributed by atoms with E-state index >= 15 is 0 Å². The van der Waals surface area contributed by atoms with Gasteiger partial charge < -0.3 is 9.64 Å². The second-order valence-electron chi connectivity index (χ2n) is 5.35.